The number of para-hydroxylation sites is 1. The van der Waals surface area contributed by atoms with Gasteiger partial charge < -0.3 is 10.2 Å². The number of thiazole rings is 1. The Kier molecular flexibility index (Phi) is 4.96. The van der Waals surface area contributed by atoms with E-state index < -0.39 is 0 Å². The second-order valence-electron chi connectivity index (χ2n) is 7.01. The summed E-state index contributed by atoms with van der Waals surface area (Å²) in [5.41, 5.74) is 4.49. The maximum Gasteiger partial charge on any atom is 0.229 e. The number of amides is 2. The van der Waals surface area contributed by atoms with Crippen LogP contribution in [0.5, 0.6) is 0 Å². The Labute approximate surface area is 168 Å². The molecule has 2 amide bonds. The van der Waals surface area contributed by atoms with Crippen LogP contribution in [0.4, 0.5) is 11.4 Å². The Morgan fingerprint density at radius 3 is 2.75 bits per heavy atom. The predicted molar refractivity (Wildman–Crippen MR) is 113 cm³/mol. The fourth-order valence-corrected chi connectivity index (χ4v) is 4.10. The van der Waals surface area contributed by atoms with Gasteiger partial charge in [-0.05, 0) is 37.6 Å². The molecule has 1 aliphatic heterocycles. The Morgan fingerprint density at radius 1 is 1.18 bits per heavy atom. The highest BCUT2D eigenvalue weighted by molar-refractivity contribution is 7.09. The van der Waals surface area contributed by atoms with E-state index in [0.717, 1.165) is 33.2 Å². The molecule has 2 aromatic carbocycles. The zero-order valence-electron chi connectivity index (χ0n) is 15.8. The predicted octanol–water partition coefficient (Wildman–Crippen LogP) is 4.42. The van der Waals surface area contributed by atoms with Crippen LogP contribution in [0.15, 0.2) is 53.9 Å². The number of benzene rings is 2. The van der Waals surface area contributed by atoms with E-state index in [9.17, 15) is 9.59 Å². The Bertz CT molecular complexity index is 1040. The number of rotatable bonds is 4. The van der Waals surface area contributed by atoms with Crippen molar-refractivity contribution < 1.29 is 9.59 Å². The molecule has 1 N–H and O–H groups in total. The lowest BCUT2D eigenvalue weighted by atomic mass is 10.1. The molecule has 1 aliphatic rings. The molecule has 1 atom stereocenters. The maximum absolute atomic E-state index is 12.8. The first-order valence-electron chi connectivity index (χ1n) is 9.20. The molecule has 5 nitrogen and oxygen atoms in total. The third-order valence-electron chi connectivity index (χ3n) is 4.95. The molecule has 6 heteroatoms. The van der Waals surface area contributed by atoms with Crippen molar-refractivity contribution in [3.8, 4) is 11.3 Å². The summed E-state index contributed by atoms with van der Waals surface area (Å²) in [6, 6.07) is 15.4. The van der Waals surface area contributed by atoms with E-state index >= 15 is 0 Å². The van der Waals surface area contributed by atoms with Crippen LogP contribution in [-0.2, 0) is 9.59 Å². The summed E-state index contributed by atoms with van der Waals surface area (Å²) in [5, 5.41) is 5.98. The molecular weight excluding hydrogens is 370 g/mol. The van der Waals surface area contributed by atoms with E-state index in [4.69, 9.17) is 0 Å². The monoisotopic (exact) mass is 391 g/mol. The standard InChI is InChI=1S/C22H21N3O2S/c1-14-6-3-4-9-20(14)25-12-17(11-21(25)26)22(27)24-18-8-5-7-16(10-18)19-13-28-15(2)23-19/h3-10,13,17H,11-12H2,1-2H3,(H,24,27). The lowest BCUT2D eigenvalue weighted by molar-refractivity contribution is -0.122. The van der Waals surface area contributed by atoms with E-state index in [-0.39, 0.29) is 24.2 Å². The number of nitrogens with zero attached hydrogens (tertiary/aromatic N) is 2. The van der Waals surface area contributed by atoms with E-state index in [0.29, 0.717) is 6.54 Å². The van der Waals surface area contributed by atoms with Gasteiger partial charge in [0.2, 0.25) is 11.8 Å². The highest BCUT2D eigenvalue weighted by atomic mass is 32.1. The van der Waals surface area contributed by atoms with Crippen molar-refractivity contribution in [2.45, 2.75) is 20.3 Å². The molecule has 0 aliphatic carbocycles. The third kappa shape index (κ3) is 3.68. The molecule has 0 saturated carbocycles. The van der Waals surface area contributed by atoms with E-state index in [2.05, 4.69) is 10.3 Å². The number of aromatic nitrogens is 1. The average molecular weight is 391 g/mol. The number of nitrogens with one attached hydrogen (secondary N) is 1. The van der Waals surface area contributed by atoms with Crippen molar-refractivity contribution in [3.63, 3.8) is 0 Å². The first-order valence-corrected chi connectivity index (χ1v) is 10.1. The molecule has 0 spiro atoms. The van der Waals surface area contributed by atoms with Crippen LogP contribution in [-0.4, -0.2) is 23.3 Å². The van der Waals surface area contributed by atoms with Crippen LogP contribution in [0.2, 0.25) is 0 Å². The molecule has 1 unspecified atom stereocenters. The third-order valence-corrected chi connectivity index (χ3v) is 5.72. The van der Waals surface area contributed by atoms with Gasteiger partial charge in [0.15, 0.2) is 0 Å². The Hall–Kier alpha value is -2.99. The van der Waals surface area contributed by atoms with Gasteiger partial charge in [-0.15, -0.1) is 11.3 Å². The van der Waals surface area contributed by atoms with Crippen LogP contribution < -0.4 is 10.2 Å². The lowest BCUT2D eigenvalue weighted by Gasteiger charge is -2.19. The summed E-state index contributed by atoms with van der Waals surface area (Å²) in [4.78, 5) is 31.5. The fraction of sp³-hybridized carbons (Fsp3) is 0.227. The van der Waals surface area contributed by atoms with Gasteiger partial charge in [-0.1, -0.05) is 30.3 Å². The number of aryl methyl sites for hydroxylation is 2. The smallest absolute Gasteiger partial charge is 0.229 e. The molecule has 1 aromatic heterocycles. The SMILES string of the molecule is Cc1nc(-c2cccc(NC(=O)C3CC(=O)N(c4ccccc4C)C3)c2)cs1. The second kappa shape index (κ2) is 7.56. The van der Waals surface area contributed by atoms with Gasteiger partial charge in [0.05, 0.1) is 16.6 Å². The van der Waals surface area contributed by atoms with Crippen molar-refractivity contribution in [2.75, 3.05) is 16.8 Å². The quantitative estimate of drug-likeness (QED) is 0.716. The van der Waals surface area contributed by atoms with Crippen LogP contribution in [0.1, 0.15) is 17.0 Å². The topological polar surface area (TPSA) is 62.3 Å². The van der Waals surface area contributed by atoms with Crippen molar-refractivity contribution >= 4 is 34.5 Å². The van der Waals surface area contributed by atoms with E-state index in [1.54, 1.807) is 16.2 Å². The number of anilines is 2. The number of carbonyl (C=O) groups excluding carboxylic acids is 2. The minimum absolute atomic E-state index is 0.0128. The van der Waals surface area contributed by atoms with Crippen LogP contribution >= 0.6 is 11.3 Å². The summed E-state index contributed by atoms with van der Waals surface area (Å²) < 4.78 is 0. The average Bonchev–Trinajstić information content (AvgIpc) is 3.28. The summed E-state index contributed by atoms with van der Waals surface area (Å²) in [6.45, 7) is 4.35. The van der Waals surface area contributed by atoms with Crippen molar-refractivity contribution in [1.29, 1.82) is 0 Å². The number of hydrogen-bond donors (Lipinski definition) is 1. The van der Waals surface area contributed by atoms with Crippen LogP contribution in [0.3, 0.4) is 0 Å². The zero-order chi connectivity index (χ0) is 19.7. The van der Waals surface area contributed by atoms with Crippen molar-refractivity contribution in [3.05, 3.63) is 64.5 Å². The highest BCUT2D eigenvalue weighted by Crippen LogP contribution is 2.29. The number of carbonyl (C=O) groups is 2. The summed E-state index contributed by atoms with van der Waals surface area (Å²) in [6.07, 6.45) is 0.227. The van der Waals surface area contributed by atoms with Gasteiger partial charge in [-0.25, -0.2) is 4.98 Å². The molecule has 0 bridgehead atoms. The second-order valence-corrected chi connectivity index (χ2v) is 8.08. The Morgan fingerprint density at radius 2 is 2.00 bits per heavy atom. The van der Waals surface area contributed by atoms with Gasteiger partial charge in [0.1, 0.15) is 0 Å². The van der Waals surface area contributed by atoms with Gasteiger partial charge in [0.25, 0.3) is 0 Å². The lowest BCUT2D eigenvalue weighted by Crippen LogP contribution is -2.28. The normalized spacial score (nSPS) is 16.4. The molecule has 142 valence electrons. The maximum atomic E-state index is 12.8. The molecule has 28 heavy (non-hydrogen) atoms. The van der Waals surface area contributed by atoms with Crippen molar-refractivity contribution in [1.82, 2.24) is 4.98 Å². The molecule has 0 radical (unpaired) electrons. The minimum atomic E-state index is -0.364. The van der Waals surface area contributed by atoms with Gasteiger partial charge in [-0.2, -0.15) is 0 Å². The first-order chi connectivity index (χ1) is 13.5. The molecule has 2 heterocycles. The molecule has 1 fully saturated rings. The minimum Gasteiger partial charge on any atom is -0.326 e. The van der Waals surface area contributed by atoms with E-state index in [1.165, 1.54) is 0 Å². The van der Waals surface area contributed by atoms with Gasteiger partial charge in [-0.3, -0.25) is 9.59 Å². The highest BCUT2D eigenvalue weighted by Gasteiger charge is 2.35. The van der Waals surface area contributed by atoms with Crippen LogP contribution in [0.25, 0.3) is 11.3 Å². The molecule has 3 aromatic rings. The molecular formula is C22H21N3O2S. The first kappa shape index (κ1) is 18.4. The van der Waals surface area contributed by atoms with Crippen molar-refractivity contribution in [2.24, 2.45) is 5.92 Å². The fourth-order valence-electron chi connectivity index (χ4n) is 3.48. The number of hydrogen-bond acceptors (Lipinski definition) is 4. The Balaban J connectivity index is 1.47. The van der Waals surface area contributed by atoms with Gasteiger partial charge >= 0.3 is 0 Å². The zero-order valence-corrected chi connectivity index (χ0v) is 16.6. The summed E-state index contributed by atoms with van der Waals surface area (Å²) in [5.74, 6) is -0.505. The summed E-state index contributed by atoms with van der Waals surface area (Å²) in [7, 11) is 0. The molecule has 4 rings (SSSR count). The van der Waals surface area contributed by atoms with E-state index in [1.807, 2.05) is 67.8 Å². The van der Waals surface area contributed by atoms with Crippen LogP contribution in [0, 0.1) is 19.8 Å². The molecule has 1 saturated heterocycles. The van der Waals surface area contributed by atoms with Gasteiger partial charge in [0, 0.05) is 35.3 Å². The summed E-state index contributed by atoms with van der Waals surface area (Å²) >= 11 is 1.60. The largest absolute Gasteiger partial charge is 0.326 e.